The first-order valence-corrected chi connectivity index (χ1v) is 7.38. The number of nitrogens with one attached hydrogen (secondary N) is 1. The molecular formula is C14H25N3O2. The van der Waals surface area contributed by atoms with E-state index in [1.807, 2.05) is 6.92 Å². The van der Waals surface area contributed by atoms with Crippen molar-refractivity contribution >= 4 is 6.01 Å². The van der Waals surface area contributed by atoms with Crippen molar-refractivity contribution in [3.8, 4) is 0 Å². The Hall–Kier alpha value is -1.10. The Morgan fingerprint density at radius 2 is 2.05 bits per heavy atom. The van der Waals surface area contributed by atoms with Crippen LogP contribution in [0, 0.1) is 5.92 Å². The van der Waals surface area contributed by atoms with E-state index in [9.17, 15) is 0 Å². The van der Waals surface area contributed by atoms with E-state index in [0.29, 0.717) is 24.4 Å². The second kappa shape index (κ2) is 6.37. The Morgan fingerprint density at radius 1 is 1.32 bits per heavy atom. The predicted molar refractivity (Wildman–Crippen MR) is 74.0 cm³/mol. The Balaban J connectivity index is 2.09. The molecule has 1 aromatic heterocycles. The molecule has 1 heterocycles. The molecule has 1 saturated carbocycles. The predicted octanol–water partition coefficient (Wildman–Crippen LogP) is 3.33. The van der Waals surface area contributed by atoms with Crippen LogP contribution in [0.2, 0.25) is 0 Å². The van der Waals surface area contributed by atoms with Crippen LogP contribution in [0.15, 0.2) is 4.52 Å². The van der Waals surface area contributed by atoms with Gasteiger partial charge in [-0.3, -0.25) is 0 Å². The molecule has 1 aliphatic rings. The lowest BCUT2D eigenvalue weighted by molar-refractivity contribution is -0.0777. The van der Waals surface area contributed by atoms with Gasteiger partial charge in [-0.25, -0.2) is 0 Å². The van der Waals surface area contributed by atoms with E-state index >= 15 is 0 Å². The fourth-order valence-corrected chi connectivity index (χ4v) is 2.60. The van der Waals surface area contributed by atoms with Gasteiger partial charge in [0.1, 0.15) is 5.60 Å². The molecule has 108 valence electrons. The highest BCUT2D eigenvalue weighted by Gasteiger charge is 2.39. The largest absolute Gasteiger partial charge is 0.367 e. The van der Waals surface area contributed by atoms with Crippen LogP contribution in [0.5, 0.6) is 0 Å². The van der Waals surface area contributed by atoms with Gasteiger partial charge in [-0.15, -0.1) is 0 Å². The molecule has 2 rings (SSSR count). The normalized spacial score (nSPS) is 18.7. The molecule has 0 amide bonds. The van der Waals surface area contributed by atoms with Crippen LogP contribution in [0.4, 0.5) is 6.01 Å². The number of rotatable bonds is 6. The summed E-state index contributed by atoms with van der Waals surface area (Å²) in [5.41, 5.74) is -0.325. The standard InChI is InChI=1S/C14H25N3O2/c1-4-18-14(8-6-5-7-9-14)12-16-13(19-17-12)15-10-11(2)3/h11H,4-10H2,1-3H3,(H,15,16,17). The van der Waals surface area contributed by atoms with Gasteiger partial charge in [0.2, 0.25) is 5.82 Å². The molecule has 1 aliphatic carbocycles. The number of hydrogen-bond donors (Lipinski definition) is 1. The molecule has 0 aromatic carbocycles. The topological polar surface area (TPSA) is 60.2 Å². The Bertz CT molecular complexity index is 378. The zero-order valence-corrected chi connectivity index (χ0v) is 12.2. The van der Waals surface area contributed by atoms with Crippen molar-refractivity contribution in [2.24, 2.45) is 5.92 Å². The van der Waals surface area contributed by atoms with Crippen molar-refractivity contribution in [1.82, 2.24) is 10.1 Å². The first-order chi connectivity index (χ1) is 9.16. The number of aromatic nitrogens is 2. The molecule has 5 nitrogen and oxygen atoms in total. The quantitative estimate of drug-likeness (QED) is 0.856. The van der Waals surface area contributed by atoms with E-state index < -0.39 is 0 Å². The number of hydrogen-bond acceptors (Lipinski definition) is 5. The van der Waals surface area contributed by atoms with Gasteiger partial charge in [0.15, 0.2) is 0 Å². The van der Waals surface area contributed by atoms with Gasteiger partial charge in [-0.1, -0.05) is 38.3 Å². The van der Waals surface area contributed by atoms with Gasteiger partial charge < -0.3 is 14.6 Å². The highest BCUT2D eigenvalue weighted by atomic mass is 16.5. The highest BCUT2D eigenvalue weighted by molar-refractivity contribution is 5.20. The second-order valence-corrected chi connectivity index (χ2v) is 5.69. The average molecular weight is 267 g/mol. The maximum Gasteiger partial charge on any atom is 0.321 e. The Kier molecular flexibility index (Phi) is 4.80. The molecule has 0 bridgehead atoms. The van der Waals surface area contributed by atoms with Gasteiger partial charge in [0, 0.05) is 13.2 Å². The Labute approximate surface area is 115 Å². The van der Waals surface area contributed by atoms with Crippen molar-refractivity contribution in [2.75, 3.05) is 18.5 Å². The fourth-order valence-electron chi connectivity index (χ4n) is 2.60. The monoisotopic (exact) mass is 267 g/mol. The van der Waals surface area contributed by atoms with Crippen LogP contribution in [-0.2, 0) is 10.3 Å². The third kappa shape index (κ3) is 3.47. The summed E-state index contributed by atoms with van der Waals surface area (Å²) in [6, 6.07) is 0.508. The van der Waals surface area contributed by atoms with E-state index in [-0.39, 0.29) is 5.60 Å². The molecule has 0 atom stereocenters. The van der Waals surface area contributed by atoms with E-state index in [1.54, 1.807) is 0 Å². The lowest BCUT2D eigenvalue weighted by Gasteiger charge is -2.33. The van der Waals surface area contributed by atoms with Crippen LogP contribution in [0.25, 0.3) is 0 Å². The third-order valence-electron chi connectivity index (χ3n) is 3.58. The van der Waals surface area contributed by atoms with Crippen molar-refractivity contribution in [3.05, 3.63) is 5.82 Å². The maximum absolute atomic E-state index is 5.98. The number of anilines is 1. The summed E-state index contributed by atoms with van der Waals surface area (Å²) in [6.07, 6.45) is 5.59. The van der Waals surface area contributed by atoms with Crippen LogP contribution in [-0.4, -0.2) is 23.3 Å². The molecule has 0 radical (unpaired) electrons. The molecule has 1 fully saturated rings. The maximum atomic E-state index is 5.98. The summed E-state index contributed by atoms with van der Waals surface area (Å²) in [7, 11) is 0. The summed E-state index contributed by atoms with van der Waals surface area (Å²) < 4.78 is 11.3. The number of ether oxygens (including phenoxy) is 1. The van der Waals surface area contributed by atoms with Crippen molar-refractivity contribution in [2.45, 2.75) is 58.5 Å². The van der Waals surface area contributed by atoms with Crippen LogP contribution in [0.3, 0.4) is 0 Å². The summed E-state index contributed by atoms with van der Waals surface area (Å²) >= 11 is 0. The average Bonchev–Trinajstić information content (AvgIpc) is 2.87. The van der Waals surface area contributed by atoms with Crippen molar-refractivity contribution in [1.29, 1.82) is 0 Å². The lowest BCUT2D eigenvalue weighted by Crippen LogP contribution is -2.33. The first-order valence-electron chi connectivity index (χ1n) is 7.38. The van der Waals surface area contributed by atoms with Gasteiger partial charge in [0.25, 0.3) is 0 Å². The van der Waals surface area contributed by atoms with Crippen LogP contribution < -0.4 is 5.32 Å². The molecule has 0 saturated heterocycles. The zero-order chi connectivity index (χ0) is 13.7. The molecule has 0 unspecified atom stereocenters. The smallest absolute Gasteiger partial charge is 0.321 e. The molecule has 19 heavy (non-hydrogen) atoms. The van der Waals surface area contributed by atoms with Crippen molar-refractivity contribution < 1.29 is 9.26 Å². The minimum atomic E-state index is -0.325. The van der Waals surface area contributed by atoms with Gasteiger partial charge in [0.05, 0.1) is 0 Å². The highest BCUT2D eigenvalue weighted by Crippen LogP contribution is 2.39. The van der Waals surface area contributed by atoms with E-state index in [4.69, 9.17) is 9.26 Å². The third-order valence-corrected chi connectivity index (χ3v) is 3.58. The summed E-state index contributed by atoms with van der Waals surface area (Å²) in [5.74, 6) is 1.26. The summed E-state index contributed by atoms with van der Waals surface area (Å²) in [5, 5.41) is 7.30. The molecule has 5 heteroatoms. The van der Waals surface area contributed by atoms with E-state index in [2.05, 4.69) is 29.3 Å². The lowest BCUT2D eigenvalue weighted by atomic mass is 9.84. The SMILES string of the molecule is CCOC1(c2noc(NCC(C)C)n2)CCCCC1. The minimum Gasteiger partial charge on any atom is -0.367 e. The fraction of sp³-hybridized carbons (Fsp3) is 0.857. The van der Waals surface area contributed by atoms with Crippen LogP contribution >= 0.6 is 0 Å². The summed E-state index contributed by atoms with van der Waals surface area (Å²) in [4.78, 5) is 4.48. The molecule has 1 N–H and O–H groups in total. The molecule has 0 aliphatic heterocycles. The Morgan fingerprint density at radius 3 is 2.68 bits per heavy atom. The zero-order valence-electron chi connectivity index (χ0n) is 12.2. The summed E-state index contributed by atoms with van der Waals surface area (Å²) in [6.45, 7) is 7.83. The first kappa shape index (κ1) is 14.3. The van der Waals surface area contributed by atoms with Gasteiger partial charge in [-0.2, -0.15) is 4.98 Å². The second-order valence-electron chi connectivity index (χ2n) is 5.69. The van der Waals surface area contributed by atoms with Crippen molar-refractivity contribution in [3.63, 3.8) is 0 Å². The van der Waals surface area contributed by atoms with E-state index in [1.165, 1.54) is 19.3 Å². The van der Waals surface area contributed by atoms with Crippen LogP contribution in [0.1, 0.15) is 58.7 Å². The van der Waals surface area contributed by atoms with Gasteiger partial charge >= 0.3 is 6.01 Å². The minimum absolute atomic E-state index is 0.325. The number of nitrogens with zero attached hydrogens (tertiary/aromatic N) is 2. The molecule has 1 aromatic rings. The van der Waals surface area contributed by atoms with E-state index in [0.717, 1.165) is 19.4 Å². The molecular weight excluding hydrogens is 242 g/mol. The van der Waals surface area contributed by atoms with Gasteiger partial charge in [-0.05, 0) is 25.7 Å². The molecule has 0 spiro atoms.